The van der Waals surface area contributed by atoms with Gasteiger partial charge in [-0.25, -0.2) is 13.2 Å². The zero-order valence-corrected chi connectivity index (χ0v) is 14.7. The van der Waals surface area contributed by atoms with Crippen LogP contribution in [0.15, 0.2) is 29.2 Å². The van der Waals surface area contributed by atoms with Crippen molar-refractivity contribution in [3.8, 4) is 0 Å². The quantitative estimate of drug-likeness (QED) is 0.885. The van der Waals surface area contributed by atoms with Gasteiger partial charge < -0.3 is 10.6 Å². The van der Waals surface area contributed by atoms with E-state index in [-0.39, 0.29) is 23.0 Å². The van der Waals surface area contributed by atoms with Crippen molar-refractivity contribution in [1.29, 1.82) is 0 Å². The molecule has 2 amide bonds. The number of amides is 2. The summed E-state index contributed by atoms with van der Waals surface area (Å²) in [7, 11) is -3.51. The highest BCUT2D eigenvalue weighted by molar-refractivity contribution is 7.89. The molecule has 1 aliphatic heterocycles. The predicted molar refractivity (Wildman–Crippen MR) is 90.9 cm³/mol. The molecule has 0 saturated carbocycles. The van der Waals surface area contributed by atoms with Crippen LogP contribution in [0.25, 0.3) is 0 Å². The molecule has 23 heavy (non-hydrogen) atoms. The van der Waals surface area contributed by atoms with E-state index in [4.69, 9.17) is 0 Å². The summed E-state index contributed by atoms with van der Waals surface area (Å²) in [6, 6.07) is 6.04. The van der Waals surface area contributed by atoms with Gasteiger partial charge in [-0.3, -0.25) is 0 Å². The third-order valence-electron chi connectivity index (χ3n) is 4.14. The lowest BCUT2D eigenvalue weighted by molar-refractivity contribution is 0.204. The van der Waals surface area contributed by atoms with E-state index in [1.165, 1.54) is 0 Å². The predicted octanol–water partition coefficient (Wildman–Crippen LogP) is 2.78. The number of rotatable bonds is 4. The first kappa shape index (κ1) is 17.7. The Hall–Kier alpha value is -1.60. The Morgan fingerprint density at radius 3 is 2.26 bits per heavy atom. The van der Waals surface area contributed by atoms with Crippen LogP contribution < -0.4 is 10.6 Å². The SMILES string of the molecule is CCNC(=O)Nc1ccc(S(=O)(=O)N2C(C)CCCC2C)cc1. The number of hydrogen-bond donors (Lipinski definition) is 2. The lowest BCUT2D eigenvalue weighted by atomic mass is 10.0. The van der Waals surface area contributed by atoms with Gasteiger partial charge in [-0.05, 0) is 57.9 Å². The molecule has 0 aliphatic carbocycles. The fourth-order valence-corrected chi connectivity index (χ4v) is 4.92. The molecule has 1 aromatic rings. The number of urea groups is 1. The van der Waals surface area contributed by atoms with E-state index in [9.17, 15) is 13.2 Å². The number of nitrogens with one attached hydrogen (secondary N) is 2. The Morgan fingerprint density at radius 1 is 1.17 bits per heavy atom. The Bertz CT molecular complexity index is 633. The molecule has 1 heterocycles. The van der Waals surface area contributed by atoms with Gasteiger partial charge in [0.25, 0.3) is 0 Å². The highest BCUT2D eigenvalue weighted by Crippen LogP contribution is 2.29. The maximum Gasteiger partial charge on any atom is 0.319 e. The van der Waals surface area contributed by atoms with Crippen LogP contribution in [0.2, 0.25) is 0 Å². The summed E-state index contributed by atoms with van der Waals surface area (Å²) in [4.78, 5) is 11.7. The summed E-state index contributed by atoms with van der Waals surface area (Å²) in [5, 5.41) is 5.29. The molecular weight excluding hydrogens is 314 g/mol. The van der Waals surface area contributed by atoms with Crippen molar-refractivity contribution in [3.05, 3.63) is 24.3 Å². The van der Waals surface area contributed by atoms with E-state index >= 15 is 0 Å². The van der Waals surface area contributed by atoms with Crippen LogP contribution in [0.1, 0.15) is 40.0 Å². The topological polar surface area (TPSA) is 78.5 Å². The van der Waals surface area contributed by atoms with Gasteiger partial charge in [-0.15, -0.1) is 0 Å². The lowest BCUT2D eigenvalue weighted by Gasteiger charge is -2.37. The van der Waals surface area contributed by atoms with Gasteiger partial charge in [0.05, 0.1) is 4.90 Å². The third kappa shape index (κ3) is 4.03. The van der Waals surface area contributed by atoms with Crippen LogP contribution in [-0.4, -0.2) is 37.4 Å². The highest BCUT2D eigenvalue weighted by Gasteiger charge is 2.35. The highest BCUT2D eigenvalue weighted by atomic mass is 32.2. The van der Waals surface area contributed by atoms with Gasteiger partial charge in [-0.1, -0.05) is 6.42 Å². The lowest BCUT2D eigenvalue weighted by Crippen LogP contribution is -2.47. The number of benzene rings is 1. The Labute approximate surface area is 138 Å². The van der Waals surface area contributed by atoms with Crippen LogP contribution in [0.4, 0.5) is 10.5 Å². The summed E-state index contributed by atoms with van der Waals surface area (Å²) in [5.41, 5.74) is 0.564. The van der Waals surface area contributed by atoms with Gasteiger partial charge in [0.1, 0.15) is 0 Å². The molecular formula is C16H25N3O3S. The number of sulfonamides is 1. The molecule has 1 aromatic carbocycles. The second kappa shape index (κ2) is 7.31. The first-order chi connectivity index (χ1) is 10.9. The van der Waals surface area contributed by atoms with E-state index in [1.807, 2.05) is 20.8 Å². The fourth-order valence-electron chi connectivity index (χ4n) is 3.04. The minimum absolute atomic E-state index is 0.0110. The number of nitrogens with zero attached hydrogens (tertiary/aromatic N) is 1. The zero-order valence-electron chi connectivity index (χ0n) is 13.9. The van der Waals surface area contributed by atoms with Crippen molar-refractivity contribution in [2.45, 2.75) is 57.0 Å². The number of anilines is 1. The van der Waals surface area contributed by atoms with E-state index in [1.54, 1.807) is 28.6 Å². The standard InChI is InChI=1S/C16H25N3O3S/c1-4-17-16(20)18-14-8-10-15(11-9-14)23(21,22)19-12(2)6-5-7-13(19)3/h8-13H,4-7H2,1-3H3,(H2,17,18,20). The average Bonchev–Trinajstić information content (AvgIpc) is 2.47. The second-order valence-electron chi connectivity index (χ2n) is 5.97. The molecule has 1 fully saturated rings. The third-order valence-corrected chi connectivity index (χ3v) is 6.28. The Kier molecular flexibility index (Phi) is 5.64. The summed E-state index contributed by atoms with van der Waals surface area (Å²) in [6.07, 6.45) is 2.84. The van der Waals surface area contributed by atoms with Crippen molar-refractivity contribution in [2.24, 2.45) is 0 Å². The van der Waals surface area contributed by atoms with Gasteiger partial charge in [0, 0.05) is 24.3 Å². The molecule has 2 N–H and O–H groups in total. The van der Waals surface area contributed by atoms with E-state index < -0.39 is 10.0 Å². The summed E-state index contributed by atoms with van der Waals surface area (Å²) < 4.78 is 27.4. The van der Waals surface area contributed by atoms with E-state index in [0.717, 1.165) is 19.3 Å². The van der Waals surface area contributed by atoms with Crippen LogP contribution >= 0.6 is 0 Å². The summed E-state index contributed by atoms with van der Waals surface area (Å²) >= 11 is 0. The largest absolute Gasteiger partial charge is 0.338 e. The maximum atomic E-state index is 12.9. The molecule has 2 unspecified atom stereocenters. The molecule has 7 heteroatoms. The molecule has 2 rings (SSSR count). The number of carbonyl (C=O) groups is 1. The Balaban J connectivity index is 2.18. The second-order valence-corrected chi connectivity index (χ2v) is 7.82. The zero-order chi connectivity index (χ0) is 17.0. The van der Waals surface area contributed by atoms with Gasteiger partial charge >= 0.3 is 6.03 Å². The minimum atomic E-state index is -3.51. The monoisotopic (exact) mass is 339 g/mol. The van der Waals surface area contributed by atoms with E-state index in [0.29, 0.717) is 12.2 Å². The van der Waals surface area contributed by atoms with Crippen molar-refractivity contribution in [2.75, 3.05) is 11.9 Å². The minimum Gasteiger partial charge on any atom is -0.338 e. The number of piperidine rings is 1. The van der Waals surface area contributed by atoms with Crippen molar-refractivity contribution in [1.82, 2.24) is 9.62 Å². The summed E-state index contributed by atoms with van der Waals surface area (Å²) in [6.45, 7) is 6.27. The van der Waals surface area contributed by atoms with Crippen LogP contribution in [0, 0.1) is 0 Å². The molecule has 1 saturated heterocycles. The molecule has 1 aliphatic rings. The van der Waals surface area contributed by atoms with Crippen molar-refractivity contribution >= 4 is 21.7 Å². The number of hydrogen-bond acceptors (Lipinski definition) is 3. The van der Waals surface area contributed by atoms with Crippen LogP contribution in [0.5, 0.6) is 0 Å². The van der Waals surface area contributed by atoms with Gasteiger partial charge in [-0.2, -0.15) is 4.31 Å². The molecule has 0 spiro atoms. The normalized spacial score (nSPS) is 22.6. The average molecular weight is 339 g/mol. The molecule has 0 radical (unpaired) electrons. The fraction of sp³-hybridized carbons (Fsp3) is 0.562. The van der Waals surface area contributed by atoms with Crippen molar-refractivity contribution < 1.29 is 13.2 Å². The van der Waals surface area contributed by atoms with E-state index in [2.05, 4.69) is 10.6 Å². The van der Waals surface area contributed by atoms with Gasteiger partial charge in [0.2, 0.25) is 10.0 Å². The molecule has 128 valence electrons. The molecule has 0 aromatic heterocycles. The first-order valence-electron chi connectivity index (χ1n) is 8.04. The summed E-state index contributed by atoms with van der Waals surface area (Å²) in [5.74, 6) is 0. The van der Waals surface area contributed by atoms with Crippen LogP contribution in [0.3, 0.4) is 0 Å². The maximum absolute atomic E-state index is 12.9. The first-order valence-corrected chi connectivity index (χ1v) is 9.48. The molecule has 2 atom stereocenters. The smallest absolute Gasteiger partial charge is 0.319 e. The Morgan fingerprint density at radius 2 is 1.74 bits per heavy atom. The van der Waals surface area contributed by atoms with Crippen molar-refractivity contribution in [3.63, 3.8) is 0 Å². The molecule has 6 nitrogen and oxygen atoms in total. The van der Waals surface area contributed by atoms with Gasteiger partial charge in [0.15, 0.2) is 0 Å². The molecule has 0 bridgehead atoms. The van der Waals surface area contributed by atoms with Crippen LogP contribution in [-0.2, 0) is 10.0 Å². The number of carbonyl (C=O) groups excluding carboxylic acids is 1.